The van der Waals surface area contributed by atoms with Crippen LogP contribution in [0.5, 0.6) is 0 Å². The third kappa shape index (κ3) is 4.11. The standard InChI is InChI=1S/C17H21NO/c1-13-6-8-15(9-7-13)17(19)10-11-18-16-5-3-4-14(2)12-16/h3-9,12,17-19H,10-11H2,1-2H3. The SMILES string of the molecule is Cc1ccc(C(O)CCNc2cccc(C)c2)cc1. The van der Waals surface area contributed by atoms with Crippen LogP contribution < -0.4 is 5.32 Å². The predicted molar refractivity (Wildman–Crippen MR) is 80.4 cm³/mol. The molecular weight excluding hydrogens is 234 g/mol. The highest BCUT2D eigenvalue weighted by Gasteiger charge is 2.06. The second-order valence-corrected chi connectivity index (χ2v) is 5.01. The van der Waals surface area contributed by atoms with Crippen LogP contribution in [0.4, 0.5) is 5.69 Å². The zero-order chi connectivity index (χ0) is 13.7. The maximum atomic E-state index is 10.1. The minimum atomic E-state index is -0.405. The molecule has 0 heterocycles. The monoisotopic (exact) mass is 255 g/mol. The van der Waals surface area contributed by atoms with Gasteiger partial charge in [-0.2, -0.15) is 0 Å². The van der Waals surface area contributed by atoms with Gasteiger partial charge in [0, 0.05) is 12.2 Å². The lowest BCUT2D eigenvalue weighted by Gasteiger charge is -2.13. The molecular formula is C17H21NO. The molecule has 0 spiro atoms. The number of aliphatic hydroxyl groups excluding tert-OH is 1. The van der Waals surface area contributed by atoms with Crippen LogP contribution in [0.1, 0.15) is 29.2 Å². The van der Waals surface area contributed by atoms with Crippen LogP contribution in [0.3, 0.4) is 0 Å². The van der Waals surface area contributed by atoms with E-state index < -0.39 is 6.10 Å². The second-order valence-electron chi connectivity index (χ2n) is 5.01. The molecule has 0 aliphatic rings. The highest BCUT2D eigenvalue weighted by Crippen LogP contribution is 2.17. The minimum Gasteiger partial charge on any atom is -0.388 e. The summed E-state index contributed by atoms with van der Waals surface area (Å²) in [7, 11) is 0. The summed E-state index contributed by atoms with van der Waals surface area (Å²) in [6.45, 7) is 4.89. The third-order valence-electron chi connectivity index (χ3n) is 3.23. The van der Waals surface area contributed by atoms with E-state index in [1.165, 1.54) is 11.1 Å². The lowest BCUT2D eigenvalue weighted by molar-refractivity contribution is 0.171. The molecule has 0 fully saturated rings. The van der Waals surface area contributed by atoms with E-state index in [0.717, 1.165) is 17.8 Å². The van der Waals surface area contributed by atoms with Gasteiger partial charge in [0.05, 0.1) is 6.10 Å². The van der Waals surface area contributed by atoms with Crippen molar-refractivity contribution in [3.05, 3.63) is 65.2 Å². The van der Waals surface area contributed by atoms with Crippen LogP contribution >= 0.6 is 0 Å². The van der Waals surface area contributed by atoms with Crippen molar-refractivity contribution in [2.45, 2.75) is 26.4 Å². The van der Waals surface area contributed by atoms with Crippen molar-refractivity contribution < 1.29 is 5.11 Å². The molecule has 1 atom stereocenters. The maximum absolute atomic E-state index is 10.1. The normalized spacial score (nSPS) is 12.2. The van der Waals surface area contributed by atoms with Crippen molar-refractivity contribution in [3.8, 4) is 0 Å². The number of nitrogens with one attached hydrogen (secondary N) is 1. The van der Waals surface area contributed by atoms with Gasteiger partial charge in [-0.25, -0.2) is 0 Å². The molecule has 100 valence electrons. The van der Waals surface area contributed by atoms with Crippen molar-refractivity contribution in [1.82, 2.24) is 0 Å². The van der Waals surface area contributed by atoms with E-state index in [0.29, 0.717) is 6.42 Å². The number of benzene rings is 2. The quantitative estimate of drug-likeness (QED) is 0.850. The van der Waals surface area contributed by atoms with Crippen LogP contribution in [0, 0.1) is 13.8 Å². The Morgan fingerprint density at radius 2 is 1.74 bits per heavy atom. The Morgan fingerprint density at radius 3 is 2.42 bits per heavy atom. The second kappa shape index (κ2) is 6.39. The number of aliphatic hydroxyl groups is 1. The summed E-state index contributed by atoms with van der Waals surface area (Å²) in [6.07, 6.45) is 0.301. The van der Waals surface area contributed by atoms with Gasteiger partial charge in [0.15, 0.2) is 0 Å². The average molecular weight is 255 g/mol. The Morgan fingerprint density at radius 1 is 1.00 bits per heavy atom. The zero-order valence-electron chi connectivity index (χ0n) is 11.6. The molecule has 2 aromatic carbocycles. The van der Waals surface area contributed by atoms with Gasteiger partial charge >= 0.3 is 0 Å². The molecule has 1 unspecified atom stereocenters. The molecule has 2 nitrogen and oxygen atoms in total. The summed E-state index contributed by atoms with van der Waals surface area (Å²) >= 11 is 0. The van der Waals surface area contributed by atoms with Gasteiger partial charge in [-0.05, 0) is 43.5 Å². The molecule has 2 heteroatoms. The minimum absolute atomic E-state index is 0.405. The van der Waals surface area contributed by atoms with Gasteiger partial charge < -0.3 is 10.4 Å². The first-order chi connectivity index (χ1) is 9.15. The van der Waals surface area contributed by atoms with Crippen LogP contribution in [0.2, 0.25) is 0 Å². The number of aryl methyl sites for hydroxylation is 2. The first kappa shape index (κ1) is 13.6. The molecule has 0 saturated carbocycles. The van der Waals surface area contributed by atoms with Gasteiger partial charge in [-0.1, -0.05) is 42.0 Å². The van der Waals surface area contributed by atoms with Crippen molar-refractivity contribution in [2.24, 2.45) is 0 Å². The summed E-state index contributed by atoms with van der Waals surface area (Å²) in [5.41, 5.74) is 4.55. The van der Waals surface area contributed by atoms with Crippen molar-refractivity contribution >= 4 is 5.69 Å². The highest BCUT2D eigenvalue weighted by molar-refractivity contribution is 5.45. The van der Waals surface area contributed by atoms with E-state index in [2.05, 4.69) is 31.3 Å². The lowest BCUT2D eigenvalue weighted by Crippen LogP contribution is -2.07. The molecule has 2 aromatic rings. The maximum Gasteiger partial charge on any atom is 0.0806 e. The molecule has 0 aromatic heterocycles. The van der Waals surface area contributed by atoms with Crippen LogP contribution in [0.15, 0.2) is 48.5 Å². The molecule has 0 radical (unpaired) electrons. The molecule has 2 N–H and O–H groups in total. The number of anilines is 1. The fourth-order valence-electron chi connectivity index (χ4n) is 2.06. The third-order valence-corrected chi connectivity index (χ3v) is 3.23. The Hall–Kier alpha value is -1.80. The molecule has 0 aliphatic heterocycles. The van der Waals surface area contributed by atoms with Gasteiger partial charge in [-0.3, -0.25) is 0 Å². The lowest BCUT2D eigenvalue weighted by atomic mass is 10.1. The number of rotatable bonds is 5. The predicted octanol–water partition coefficient (Wildman–Crippen LogP) is 3.84. The van der Waals surface area contributed by atoms with Crippen LogP contribution in [-0.4, -0.2) is 11.7 Å². The Labute approximate surface area is 115 Å². The Balaban J connectivity index is 1.84. The van der Waals surface area contributed by atoms with Crippen molar-refractivity contribution in [1.29, 1.82) is 0 Å². The molecule has 19 heavy (non-hydrogen) atoms. The summed E-state index contributed by atoms with van der Waals surface area (Å²) < 4.78 is 0. The summed E-state index contributed by atoms with van der Waals surface area (Å²) in [4.78, 5) is 0. The topological polar surface area (TPSA) is 32.3 Å². The van der Waals surface area contributed by atoms with Gasteiger partial charge in [-0.15, -0.1) is 0 Å². The highest BCUT2D eigenvalue weighted by atomic mass is 16.3. The Kier molecular flexibility index (Phi) is 4.58. The van der Waals surface area contributed by atoms with Crippen LogP contribution in [-0.2, 0) is 0 Å². The van der Waals surface area contributed by atoms with Gasteiger partial charge in [0.25, 0.3) is 0 Å². The fourth-order valence-corrected chi connectivity index (χ4v) is 2.06. The summed E-state index contributed by atoms with van der Waals surface area (Å²) in [5.74, 6) is 0. The smallest absolute Gasteiger partial charge is 0.0806 e. The molecule has 0 saturated heterocycles. The van der Waals surface area contributed by atoms with Crippen molar-refractivity contribution in [2.75, 3.05) is 11.9 Å². The fraction of sp³-hybridized carbons (Fsp3) is 0.294. The summed E-state index contributed by atoms with van der Waals surface area (Å²) in [5, 5.41) is 13.4. The van der Waals surface area contributed by atoms with E-state index >= 15 is 0 Å². The first-order valence-corrected chi connectivity index (χ1v) is 6.70. The number of hydrogen-bond donors (Lipinski definition) is 2. The van der Waals surface area contributed by atoms with Gasteiger partial charge in [0.1, 0.15) is 0 Å². The van der Waals surface area contributed by atoms with E-state index in [4.69, 9.17) is 0 Å². The zero-order valence-corrected chi connectivity index (χ0v) is 11.6. The van der Waals surface area contributed by atoms with Crippen molar-refractivity contribution in [3.63, 3.8) is 0 Å². The average Bonchev–Trinajstić information content (AvgIpc) is 2.39. The summed E-state index contributed by atoms with van der Waals surface area (Å²) in [6, 6.07) is 16.3. The van der Waals surface area contributed by atoms with E-state index in [1.807, 2.05) is 36.4 Å². The van der Waals surface area contributed by atoms with Crippen LogP contribution in [0.25, 0.3) is 0 Å². The van der Waals surface area contributed by atoms with E-state index in [-0.39, 0.29) is 0 Å². The Bertz CT molecular complexity index is 519. The first-order valence-electron chi connectivity index (χ1n) is 6.70. The molecule has 0 bridgehead atoms. The molecule has 2 rings (SSSR count). The molecule has 0 amide bonds. The van der Waals surface area contributed by atoms with E-state index in [9.17, 15) is 5.11 Å². The van der Waals surface area contributed by atoms with E-state index in [1.54, 1.807) is 0 Å². The van der Waals surface area contributed by atoms with Gasteiger partial charge in [0.2, 0.25) is 0 Å². The molecule has 0 aliphatic carbocycles. The largest absolute Gasteiger partial charge is 0.388 e. The number of hydrogen-bond acceptors (Lipinski definition) is 2.